The number of halogens is 1. The summed E-state index contributed by atoms with van der Waals surface area (Å²) in [6, 6.07) is 12.7. The smallest absolute Gasteiger partial charge is 0.128 e. The second kappa shape index (κ2) is 6.42. The number of aryl methyl sites for hydroxylation is 1. The molecule has 0 amide bonds. The van der Waals surface area contributed by atoms with Crippen molar-refractivity contribution < 1.29 is 9.13 Å². The van der Waals surface area contributed by atoms with E-state index in [0.717, 1.165) is 23.4 Å². The molecule has 1 unspecified atom stereocenters. The standard InChI is InChI=1S/C17H20FNO/c1-4-16(14-7-5-6-8-15(14)18)19-17-10-9-13(20-3)11-12(17)2/h5-11,16,19H,4H2,1-3H3. The fraction of sp³-hybridized carbons (Fsp3) is 0.294. The third-order valence-corrected chi connectivity index (χ3v) is 3.45. The summed E-state index contributed by atoms with van der Waals surface area (Å²) >= 11 is 0. The first kappa shape index (κ1) is 14.4. The number of hydrogen-bond donors (Lipinski definition) is 1. The van der Waals surface area contributed by atoms with Crippen LogP contribution < -0.4 is 10.1 Å². The van der Waals surface area contributed by atoms with Crippen LogP contribution in [0, 0.1) is 12.7 Å². The third kappa shape index (κ3) is 3.10. The Morgan fingerprint density at radius 2 is 1.95 bits per heavy atom. The molecule has 106 valence electrons. The van der Waals surface area contributed by atoms with Crippen molar-refractivity contribution in [2.24, 2.45) is 0 Å². The van der Waals surface area contributed by atoms with Crippen molar-refractivity contribution in [3.05, 3.63) is 59.4 Å². The van der Waals surface area contributed by atoms with E-state index >= 15 is 0 Å². The molecule has 0 aliphatic heterocycles. The first-order valence-electron chi connectivity index (χ1n) is 6.81. The maximum absolute atomic E-state index is 13.9. The summed E-state index contributed by atoms with van der Waals surface area (Å²) in [7, 11) is 1.65. The molecule has 3 heteroatoms. The quantitative estimate of drug-likeness (QED) is 0.852. The zero-order chi connectivity index (χ0) is 14.5. The Hall–Kier alpha value is -2.03. The predicted octanol–water partition coefficient (Wildman–Crippen LogP) is 4.71. The minimum atomic E-state index is -0.169. The second-order valence-corrected chi connectivity index (χ2v) is 4.81. The van der Waals surface area contributed by atoms with Crippen molar-refractivity contribution in [3.63, 3.8) is 0 Å². The van der Waals surface area contributed by atoms with Gasteiger partial charge in [-0.25, -0.2) is 4.39 Å². The summed E-state index contributed by atoms with van der Waals surface area (Å²) in [6.45, 7) is 4.06. The summed E-state index contributed by atoms with van der Waals surface area (Å²) in [4.78, 5) is 0. The van der Waals surface area contributed by atoms with E-state index in [2.05, 4.69) is 5.32 Å². The van der Waals surface area contributed by atoms with Gasteiger partial charge < -0.3 is 10.1 Å². The molecule has 0 aliphatic rings. The number of ether oxygens (including phenoxy) is 1. The van der Waals surface area contributed by atoms with Gasteiger partial charge in [0, 0.05) is 11.3 Å². The van der Waals surface area contributed by atoms with Crippen LogP contribution in [-0.2, 0) is 0 Å². The van der Waals surface area contributed by atoms with Gasteiger partial charge in [-0.1, -0.05) is 25.1 Å². The molecular formula is C17H20FNO. The molecule has 2 nitrogen and oxygen atoms in total. The molecule has 2 rings (SSSR count). The van der Waals surface area contributed by atoms with E-state index in [9.17, 15) is 4.39 Å². The second-order valence-electron chi connectivity index (χ2n) is 4.81. The molecule has 0 saturated heterocycles. The van der Waals surface area contributed by atoms with Crippen molar-refractivity contribution >= 4 is 5.69 Å². The minimum Gasteiger partial charge on any atom is -0.497 e. The van der Waals surface area contributed by atoms with E-state index < -0.39 is 0 Å². The molecule has 0 aromatic heterocycles. The van der Waals surface area contributed by atoms with Gasteiger partial charge in [0.05, 0.1) is 13.2 Å². The van der Waals surface area contributed by atoms with Crippen LogP contribution in [0.3, 0.4) is 0 Å². The van der Waals surface area contributed by atoms with Crippen LogP contribution in [0.15, 0.2) is 42.5 Å². The highest BCUT2D eigenvalue weighted by molar-refractivity contribution is 5.55. The molecule has 0 radical (unpaired) electrons. The molecule has 2 aromatic carbocycles. The topological polar surface area (TPSA) is 21.3 Å². The summed E-state index contributed by atoms with van der Waals surface area (Å²) in [5.41, 5.74) is 2.78. The predicted molar refractivity (Wildman–Crippen MR) is 80.8 cm³/mol. The fourth-order valence-electron chi connectivity index (χ4n) is 2.27. The maximum Gasteiger partial charge on any atom is 0.128 e. The number of anilines is 1. The van der Waals surface area contributed by atoms with Gasteiger partial charge in [-0.15, -0.1) is 0 Å². The van der Waals surface area contributed by atoms with Gasteiger partial charge in [-0.2, -0.15) is 0 Å². The number of nitrogens with one attached hydrogen (secondary N) is 1. The lowest BCUT2D eigenvalue weighted by Crippen LogP contribution is -2.12. The average Bonchev–Trinajstić information content (AvgIpc) is 2.47. The van der Waals surface area contributed by atoms with Crippen LogP contribution in [0.1, 0.15) is 30.5 Å². The summed E-state index contributed by atoms with van der Waals surface area (Å²) < 4.78 is 19.1. The summed E-state index contributed by atoms with van der Waals surface area (Å²) in [6.07, 6.45) is 0.812. The summed E-state index contributed by atoms with van der Waals surface area (Å²) in [5, 5.41) is 3.41. The van der Waals surface area contributed by atoms with Gasteiger partial charge in [0.1, 0.15) is 11.6 Å². The Balaban J connectivity index is 2.25. The normalized spacial score (nSPS) is 12.0. The van der Waals surface area contributed by atoms with E-state index in [1.807, 2.05) is 44.2 Å². The van der Waals surface area contributed by atoms with E-state index in [1.54, 1.807) is 13.2 Å². The molecule has 2 aromatic rings. The van der Waals surface area contributed by atoms with Gasteiger partial charge in [0.2, 0.25) is 0 Å². The monoisotopic (exact) mass is 273 g/mol. The highest BCUT2D eigenvalue weighted by atomic mass is 19.1. The van der Waals surface area contributed by atoms with Crippen molar-refractivity contribution in [1.82, 2.24) is 0 Å². The fourth-order valence-corrected chi connectivity index (χ4v) is 2.27. The van der Waals surface area contributed by atoms with Gasteiger partial charge in [0.15, 0.2) is 0 Å². The Kier molecular flexibility index (Phi) is 4.61. The van der Waals surface area contributed by atoms with E-state index in [4.69, 9.17) is 4.74 Å². The van der Waals surface area contributed by atoms with E-state index in [-0.39, 0.29) is 11.9 Å². The van der Waals surface area contributed by atoms with Crippen LogP contribution in [0.2, 0.25) is 0 Å². The number of hydrogen-bond acceptors (Lipinski definition) is 2. The van der Waals surface area contributed by atoms with Gasteiger partial charge in [-0.3, -0.25) is 0 Å². The SMILES string of the molecule is CCC(Nc1ccc(OC)cc1C)c1ccccc1F. The lowest BCUT2D eigenvalue weighted by atomic mass is 10.0. The first-order chi connectivity index (χ1) is 9.65. The van der Waals surface area contributed by atoms with Crippen LogP contribution in [-0.4, -0.2) is 7.11 Å². The summed E-state index contributed by atoms with van der Waals surface area (Å²) in [5.74, 6) is 0.657. The molecule has 0 saturated carbocycles. The van der Waals surface area contributed by atoms with Crippen LogP contribution in [0.4, 0.5) is 10.1 Å². The van der Waals surface area contributed by atoms with Crippen LogP contribution >= 0.6 is 0 Å². The van der Waals surface area contributed by atoms with E-state index in [1.165, 1.54) is 6.07 Å². The molecule has 1 atom stereocenters. The zero-order valence-electron chi connectivity index (χ0n) is 12.1. The molecule has 1 N–H and O–H groups in total. The highest BCUT2D eigenvalue weighted by Gasteiger charge is 2.14. The maximum atomic E-state index is 13.9. The van der Waals surface area contributed by atoms with E-state index in [0.29, 0.717) is 5.56 Å². The lowest BCUT2D eigenvalue weighted by Gasteiger charge is -2.21. The number of benzene rings is 2. The van der Waals surface area contributed by atoms with Crippen LogP contribution in [0.25, 0.3) is 0 Å². The molecule has 20 heavy (non-hydrogen) atoms. The molecule has 0 bridgehead atoms. The van der Waals surface area contributed by atoms with Crippen LogP contribution in [0.5, 0.6) is 5.75 Å². The number of methoxy groups -OCH3 is 1. The van der Waals surface area contributed by atoms with Crippen molar-refractivity contribution in [2.45, 2.75) is 26.3 Å². The minimum absolute atomic E-state index is 0.0386. The zero-order valence-corrected chi connectivity index (χ0v) is 12.1. The number of rotatable bonds is 5. The highest BCUT2D eigenvalue weighted by Crippen LogP contribution is 2.28. The van der Waals surface area contributed by atoms with Gasteiger partial charge >= 0.3 is 0 Å². The van der Waals surface area contributed by atoms with Crippen molar-refractivity contribution in [3.8, 4) is 5.75 Å². The first-order valence-corrected chi connectivity index (χ1v) is 6.81. The molecular weight excluding hydrogens is 253 g/mol. The largest absolute Gasteiger partial charge is 0.497 e. The Labute approximate surface area is 119 Å². The Morgan fingerprint density at radius 1 is 1.20 bits per heavy atom. The average molecular weight is 273 g/mol. The lowest BCUT2D eigenvalue weighted by molar-refractivity contribution is 0.414. The van der Waals surface area contributed by atoms with Crippen molar-refractivity contribution in [1.29, 1.82) is 0 Å². The molecule has 0 aliphatic carbocycles. The third-order valence-electron chi connectivity index (χ3n) is 3.45. The van der Waals surface area contributed by atoms with Crippen molar-refractivity contribution in [2.75, 3.05) is 12.4 Å². The Morgan fingerprint density at radius 3 is 2.55 bits per heavy atom. The Bertz CT molecular complexity index is 583. The van der Waals surface area contributed by atoms with Gasteiger partial charge in [0.25, 0.3) is 0 Å². The molecule has 0 fully saturated rings. The van der Waals surface area contributed by atoms with Gasteiger partial charge in [-0.05, 0) is 43.2 Å². The molecule has 0 heterocycles. The molecule has 0 spiro atoms.